The van der Waals surface area contributed by atoms with E-state index in [1.807, 2.05) is 38.4 Å². The van der Waals surface area contributed by atoms with Gasteiger partial charge in [0.1, 0.15) is 11.4 Å². The summed E-state index contributed by atoms with van der Waals surface area (Å²) in [6, 6.07) is 5.94. The van der Waals surface area contributed by atoms with E-state index in [4.69, 9.17) is 4.74 Å². The highest BCUT2D eigenvalue weighted by atomic mass is 16.5. The minimum atomic E-state index is 0.668. The number of anilines is 1. The summed E-state index contributed by atoms with van der Waals surface area (Å²) < 4.78 is 6.86. The number of nitrogens with one attached hydrogen (secondary N) is 1. The van der Waals surface area contributed by atoms with Crippen molar-refractivity contribution >= 4 is 5.69 Å². The number of ether oxygens (including phenoxy) is 1. The van der Waals surface area contributed by atoms with E-state index in [0.29, 0.717) is 6.54 Å². The summed E-state index contributed by atoms with van der Waals surface area (Å²) in [6.07, 6.45) is 1.89. The van der Waals surface area contributed by atoms with Gasteiger partial charge in [-0.25, -0.2) is 0 Å². The van der Waals surface area contributed by atoms with E-state index in [2.05, 4.69) is 15.6 Å². The van der Waals surface area contributed by atoms with Gasteiger partial charge in [-0.2, -0.15) is 0 Å². The summed E-state index contributed by atoms with van der Waals surface area (Å²) in [5.41, 5.74) is 3.15. The lowest BCUT2D eigenvalue weighted by Crippen LogP contribution is -2.01. The Morgan fingerprint density at radius 2 is 2.24 bits per heavy atom. The zero-order chi connectivity index (χ0) is 12.3. The van der Waals surface area contributed by atoms with Crippen molar-refractivity contribution in [2.45, 2.75) is 13.5 Å². The monoisotopic (exact) mass is 232 g/mol. The second kappa shape index (κ2) is 4.86. The largest absolute Gasteiger partial charge is 0.497 e. The van der Waals surface area contributed by atoms with Crippen LogP contribution in [-0.4, -0.2) is 22.1 Å². The average molecular weight is 232 g/mol. The molecule has 17 heavy (non-hydrogen) atoms. The first-order chi connectivity index (χ1) is 8.19. The summed E-state index contributed by atoms with van der Waals surface area (Å²) >= 11 is 0. The molecule has 1 aromatic heterocycles. The van der Waals surface area contributed by atoms with Gasteiger partial charge in [0, 0.05) is 18.9 Å². The number of aryl methyl sites for hydroxylation is 2. The van der Waals surface area contributed by atoms with Crippen LogP contribution < -0.4 is 10.1 Å². The van der Waals surface area contributed by atoms with Crippen LogP contribution in [0, 0.1) is 6.92 Å². The Balaban J connectivity index is 2.04. The molecule has 0 radical (unpaired) electrons. The zero-order valence-corrected chi connectivity index (χ0v) is 10.3. The topological polar surface area (TPSA) is 52.0 Å². The van der Waals surface area contributed by atoms with Gasteiger partial charge >= 0.3 is 0 Å². The number of methoxy groups -OCH3 is 1. The molecule has 0 aliphatic rings. The molecule has 1 aromatic carbocycles. The lowest BCUT2D eigenvalue weighted by atomic mass is 10.2. The summed E-state index contributed by atoms with van der Waals surface area (Å²) in [5.74, 6) is 0.868. The van der Waals surface area contributed by atoms with Gasteiger partial charge in [-0.15, -0.1) is 5.10 Å². The maximum Gasteiger partial charge on any atom is 0.119 e. The predicted octanol–water partition coefficient (Wildman–Crippen LogP) is 1.74. The van der Waals surface area contributed by atoms with E-state index >= 15 is 0 Å². The molecule has 5 nitrogen and oxygen atoms in total. The lowest BCUT2D eigenvalue weighted by Gasteiger charge is -2.09. The lowest BCUT2D eigenvalue weighted by molar-refractivity contribution is 0.414. The zero-order valence-electron chi connectivity index (χ0n) is 10.3. The molecule has 0 spiro atoms. The Kier molecular flexibility index (Phi) is 3.27. The van der Waals surface area contributed by atoms with Crippen LogP contribution in [0.15, 0.2) is 24.4 Å². The Morgan fingerprint density at radius 1 is 1.41 bits per heavy atom. The highest BCUT2D eigenvalue weighted by Crippen LogP contribution is 2.21. The first-order valence-electron chi connectivity index (χ1n) is 5.43. The minimum absolute atomic E-state index is 0.668. The van der Waals surface area contributed by atoms with Crippen molar-refractivity contribution in [3.63, 3.8) is 0 Å². The van der Waals surface area contributed by atoms with Crippen LogP contribution in [0.1, 0.15) is 11.3 Å². The third-order valence-electron chi connectivity index (χ3n) is 2.54. The van der Waals surface area contributed by atoms with Crippen molar-refractivity contribution in [1.29, 1.82) is 0 Å². The fraction of sp³-hybridized carbons (Fsp3) is 0.333. The van der Waals surface area contributed by atoms with E-state index < -0.39 is 0 Å². The van der Waals surface area contributed by atoms with E-state index in [1.54, 1.807) is 11.8 Å². The van der Waals surface area contributed by atoms with E-state index in [0.717, 1.165) is 22.7 Å². The Bertz CT molecular complexity index is 507. The van der Waals surface area contributed by atoms with Gasteiger partial charge in [0.2, 0.25) is 0 Å². The summed E-state index contributed by atoms with van der Waals surface area (Å²) in [5, 5.41) is 11.2. The van der Waals surface area contributed by atoms with Crippen molar-refractivity contribution in [2.24, 2.45) is 7.05 Å². The molecule has 0 fully saturated rings. The van der Waals surface area contributed by atoms with Crippen LogP contribution >= 0.6 is 0 Å². The Labute approximate surface area is 100 Å². The maximum atomic E-state index is 5.16. The maximum absolute atomic E-state index is 5.16. The molecule has 90 valence electrons. The number of rotatable bonds is 4. The summed E-state index contributed by atoms with van der Waals surface area (Å²) in [4.78, 5) is 0. The highest BCUT2D eigenvalue weighted by Gasteiger charge is 2.02. The molecule has 0 bridgehead atoms. The molecule has 0 saturated heterocycles. The van der Waals surface area contributed by atoms with E-state index in [1.165, 1.54) is 0 Å². The molecule has 2 rings (SSSR count). The predicted molar refractivity (Wildman–Crippen MR) is 66.1 cm³/mol. The van der Waals surface area contributed by atoms with Crippen molar-refractivity contribution in [3.05, 3.63) is 35.7 Å². The molecule has 1 heterocycles. The first-order valence-corrected chi connectivity index (χ1v) is 5.43. The van der Waals surface area contributed by atoms with Crippen molar-refractivity contribution < 1.29 is 4.74 Å². The molecule has 0 unspecified atom stereocenters. The Morgan fingerprint density at radius 3 is 2.82 bits per heavy atom. The van der Waals surface area contributed by atoms with Crippen LogP contribution in [-0.2, 0) is 13.6 Å². The van der Waals surface area contributed by atoms with Gasteiger partial charge < -0.3 is 10.1 Å². The third kappa shape index (κ3) is 2.75. The minimum Gasteiger partial charge on any atom is -0.497 e. The molecule has 0 aliphatic heterocycles. The molecular weight excluding hydrogens is 216 g/mol. The quantitative estimate of drug-likeness (QED) is 0.872. The van der Waals surface area contributed by atoms with Crippen LogP contribution in [0.5, 0.6) is 5.75 Å². The van der Waals surface area contributed by atoms with Gasteiger partial charge in [-0.3, -0.25) is 4.68 Å². The van der Waals surface area contributed by atoms with Gasteiger partial charge in [-0.05, 0) is 30.7 Å². The van der Waals surface area contributed by atoms with Crippen molar-refractivity contribution in [2.75, 3.05) is 12.4 Å². The fourth-order valence-corrected chi connectivity index (χ4v) is 1.62. The standard InChI is InChI=1S/C12H16N4O/c1-9-6-11(17-3)4-5-12(9)13-7-10-8-16(2)15-14-10/h4-6,8,13H,7H2,1-3H3. The number of hydrogen-bond donors (Lipinski definition) is 1. The van der Waals surface area contributed by atoms with Crippen LogP contribution in [0.3, 0.4) is 0 Å². The fourth-order valence-electron chi connectivity index (χ4n) is 1.62. The Hall–Kier alpha value is -2.04. The number of benzene rings is 1. The molecule has 0 saturated carbocycles. The van der Waals surface area contributed by atoms with Crippen LogP contribution in [0.4, 0.5) is 5.69 Å². The van der Waals surface area contributed by atoms with Crippen LogP contribution in [0.25, 0.3) is 0 Å². The van der Waals surface area contributed by atoms with Gasteiger partial charge in [0.25, 0.3) is 0 Å². The normalized spacial score (nSPS) is 10.3. The third-order valence-corrected chi connectivity index (χ3v) is 2.54. The van der Waals surface area contributed by atoms with Gasteiger partial charge in [-0.1, -0.05) is 5.21 Å². The van der Waals surface area contributed by atoms with Gasteiger partial charge in [0.15, 0.2) is 0 Å². The summed E-state index contributed by atoms with van der Waals surface area (Å²) in [7, 11) is 3.52. The number of aromatic nitrogens is 3. The SMILES string of the molecule is COc1ccc(NCc2cn(C)nn2)c(C)c1. The van der Waals surface area contributed by atoms with Gasteiger partial charge in [0.05, 0.1) is 13.7 Å². The second-order valence-corrected chi connectivity index (χ2v) is 3.92. The molecule has 2 aromatic rings. The molecule has 5 heteroatoms. The molecular formula is C12H16N4O. The molecule has 0 atom stereocenters. The molecule has 1 N–H and O–H groups in total. The number of nitrogens with zero attached hydrogens (tertiary/aromatic N) is 3. The molecule has 0 amide bonds. The smallest absolute Gasteiger partial charge is 0.119 e. The number of hydrogen-bond acceptors (Lipinski definition) is 4. The average Bonchev–Trinajstić information content (AvgIpc) is 2.73. The van der Waals surface area contributed by atoms with E-state index in [-0.39, 0.29) is 0 Å². The summed E-state index contributed by atoms with van der Waals surface area (Å²) in [6.45, 7) is 2.71. The second-order valence-electron chi connectivity index (χ2n) is 3.92. The van der Waals surface area contributed by atoms with Crippen LogP contribution in [0.2, 0.25) is 0 Å². The van der Waals surface area contributed by atoms with E-state index in [9.17, 15) is 0 Å². The first kappa shape index (κ1) is 11.4. The van der Waals surface area contributed by atoms with Crippen molar-refractivity contribution in [3.8, 4) is 5.75 Å². The molecule has 0 aliphatic carbocycles. The van der Waals surface area contributed by atoms with Crippen molar-refractivity contribution in [1.82, 2.24) is 15.0 Å². The highest BCUT2D eigenvalue weighted by molar-refractivity contribution is 5.53.